The lowest BCUT2D eigenvalue weighted by Gasteiger charge is -2.06. The molecule has 1 aromatic heterocycles. The van der Waals surface area contributed by atoms with Gasteiger partial charge >= 0.3 is 0 Å². The van der Waals surface area contributed by atoms with Gasteiger partial charge in [-0.1, -0.05) is 6.07 Å². The molecule has 1 heterocycles. The van der Waals surface area contributed by atoms with Gasteiger partial charge in [-0.25, -0.2) is 0 Å². The number of fused-ring (bicyclic) bond motifs is 1. The first-order valence-electron chi connectivity index (χ1n) is 7.36. The van der Waals surface area contributed by atoms with Crippen molar-refractivity contribution in [2.75, 3.05) is 6.54 Å². The van der Waals surface area contributed by atoms with Crippen molar-refractivity contribution in [2.45, 2.75) is 46.1 Å². The molecule has 0 saturated heterocycles. The second-order valence-corrected chi connectivity index (χ2v) is 6.08. The molecule has 0 radical (unpaired) electrons. The zero-order valence-corrected chi connectivity index (χ0v) is 12.5. The molecule has 1 aromatic carbocycles. The monoisotopic (exact) mass is 256 g/mol. The Labute approximate surface area is 115 Å². The second-order valence-electron chi connectivity index (χ2n) is 6.08. The summed E-state index contributed by atoms with van der Waals surface area (Å²) in [6.45, 7) is 7.79. The van der Waals surface area contributed by atoms with Gasteiger partial charge in [-0.15, -0.1) is 0 Å². The summed E-state index contributed by atoms with van der Waals surface area (Å²) in [4.78, 5) is 0. The van der Waals surface area contributed by atoms with Gasteiger partial charge in [0, 0.05) is 29.7 Å². The molecule has 1 aliphatic carbocycles. The quantitative estimate of drug-likeness (QED) is 0.887. The van der Waals surface area contributed by atoms with Crippen LogP contribution in [-0.4, -0.2) is 17.2 Å². The topological polar surface area (TPSA) is 17.0 Å². The lowest BCUT2D eigenvalue weighted by molar-refractivity contribution is 0.680. The smallest absolute Gasteiger partial charge is 0.0488 e. The Balaban J connectivity index is 1.99. The standard InChI is InChI=1S/C17H24N2/c1-11-9-12(2)17-15(7-8-18-14-5-6-14)13(3)19(4)16(17)10-11/h9-10,14,18H,5-8H2,1-4H3. The van der Waals surface area contributed by atoms with E-state index in [1.807, 2.05) is 0 Å². The molecule has 2 aromatic rings. The molecule has 0 atom stereocenters. The van der Waals surface area contributed by atoms with Gasteiger partial charge < -0.3 is 9.88 Å². The molecule has 0 bridgehead atoms. The Morgan fingerprint density at radius 3 is 2.63 bits per heavy atom. The Kier molecular flexibility index (Phi) is 3.14. The van der Waals surface area contributed by atoms with Crippen LogP contribution in [0.25, 0.3) is 10.9 Å². The molecule has 1 aliphatic rings. The molecule has 2 heteroatoms. The van der Waals surface area contributed by atoms with Crippen LogP contribution in [0.2, 0.25) is 0 Å². The number of aromatic nitrogens is 1. The molecular formula is C17H24N2. The number of benzene rings is 1. The fourth-order valence-electron chi connectivity index (χ4n) is 3.16. The highest BCUT2D eigenvalue weighted by Crippen LogP contribution is 2.29. The van der Waals surface area contributed by atoms with Crippen LogP contribution in [0.15, 0.2) is 12.1 Å². The lowest BCUT2D eigenvalue weighted by atomic mass is 10.0. The van der Waals surface area contributed by atoms with E-state index in [1.165, 1.54) is 46.1 Å². The van der Waals surface area contributed by atoms with Crippen molar-refractivity contribution in [3.8, 4) is 0 Å². The average Bonchev–Trinajstić information content (AvgIpc) is 3.13. The zero-order chi connectivity index (χ0) is 13.6. The summed E-state index contributed by atoms with van der Waals surface area (Å²) < 4.78 is 2.35. The third-order valence-corrected chi connectivity index (χ3v) is 4.45. The van der Waals surface area contributed by atoms with Crippen LogP contribution in [0.1, 0.15) is 35.2 Å². The first-order chi connectivity index (χ1) is 9.08. The molecule has 1 fully saturated rings. The Morgan fingerprint density at radius 1 is 1.21 bits per heavy atom. The van der Waals surface area contributed by atoms with Crippen LogP contribution in [0.3, 0.4) is 0 Å². The third-order valence-electron chi connectivity index (χ3n) is 4.45. The maximum atomic E-state index is 3.63. The van der Waals surface area contributed by atoms with Gasteiger partial charge in [0.15, 0.2) is 0 Å². The second kappa shape index (κ2) is 4.68. The zero-order valence-electron chi connectivity index (χ0n) is 12.5. The summed E-state index contributed by atoms with van der Waals surface area (Å²) in [6, 6.07) is 5.42. The Bertz CT molecular complexity index is 618. The van der Waals surface area contributed by atoms with E-state index in [9.17, 15) is 0 Å². The van der Waals surface area contributed by atoms with E-state index in [4.69, 9.17) is 0 Å². The van der Waals surface area contributed by atoms with E-state index in [0.717, 1.165) is 19.0 Å². The minimum Gasteiger partial charge on any atom is -0.348 e. The molecule has 0 aliphatic heterocycles. The summed E-state index contributed by atoms with van der Waals surface area (Å²) in [5.41, 5.74) is 7.11. The van der Waals surface area contributed by atoms with Gasteiger partial charge in [-0.2, -0.15) is 0 Å². The number of hydrogen-bond acceptors (Lipinski definition) is 1. The van der Waals surface area contributed by atoms with Crippen molar-refractivity contribution < 1.29 is 0 Å². The summed E-state index contributed by atoms with van der Waals surface area (Å²) in [5, 5.41) is 5.10. The maximum absolute atomic E-state index is 3.63. The molecule has 102 valence electrons. The predicted molar refractivity (Wildman–Crippen MR) is 81.9 cm³/mol. The van der Waals surface area contributed by atoms with Crippen molar-refractivity contribution in [3.63, 3.8) is 0 Å². The highest BCUT2D eigenvalue weighted by Gasteiger charge is 2.20. The molecule has 19 heavy (non-hydrogen) atoms. The van der Waals surface area contributed by atoms with Crippen molar-refractivity contribution in [2.24, 2.45) is 7.05 Å². The van der Waals surface area contributed by atoms with Gasteiger partial charge in [0.25, 0.3) is 0 Å². The van der Waals surface area contributed by atoms with E-state index in [2.05, 4.69) is 49.8 Å². The summed E-state index contributed by atoms with van der Waals surface area (Å²) in [5.74, 6) is 0. The van der Waals surface area contributed by atoms with Crippen molar-refractivity contribution >= 4 is 10.9 Å². The van der Waals surface area contributed by atoms with Gasteiger partial charge in [-0.05, 0) is 69.3 Å². The van der Waals surface area contributed by atoms with E-state index in [-0.39, 0.29) is 0 Å². The lowest BCUT2D eigenvalue weighted by Crippen LogP contribution is -2.19. The van der Waals surface area contributed by atoms with Crippen LogP contribution < -0.4 is 5.32 Å². The molecule has 0 unspecified atom stereocenters. The van der Waals surface area contributed by atoms with Crippen LogP contribution >= 0.6 is 0 Å². The van der Waals surface area contributed by atoms with Crippen LogP contribution in [0, 0.1) is 20.8 Å². The molecule has 3 rings (SSSR count). The SMILES string of the molecule is Cc1cc(C)c2c(CCNC3CC3)c(C)n(C)c2c1. The Morgan fingerprint density at radius 2 is 1.95 bits per heavy atom. The van der Waals surface area contributed by atoms with Gasteiger partial charge in [-0.3, -0.25) is 0 Å². The van der Waals surface area contributed by atoms with E-state index in [0.29, 0.717) is 0 Å². The maximum Gasteiger partial charge on any atom is 0.0488 e. The Hall–Kier alpha value is -1.28. The first-order valence-corrected chi connectivity index (χ1v) is 7.36. The first kappa shape index (κ1) is 12.7. The van der Waals surface area contributed by atoms with Gasteiger partial charge in [0.05, 0.1) is 0 Å². The van der Waals surface area contributed by atoms with Crippen LogP contribution in [0.4, 0.5) is 0 Å². The molecule has 0 amide bonds. The molecule has 2 nitrogen and oxygen atoms in total. The van der Waals surface area contributed by atoms with Crippen molar-refractivity contribution in [3.05, 3.63) is 34.5 Å². The van der Waals surface area contributed by atoms with E-state index < -0.39 is 0 Å². The molecule has 1 N–H and O–H groups in total. The van der Waals surface area contributed by atoms with Crippen molar-refractivity contribution in [1.82, 2.24) is 9.88 Å². The molecular weight excluding hydrogens is 232 g/mol. The molecule has 0 spiro atoms. The fraction of sp³-hybridized carbons (Fsp3) is 0.529. The normalized spacial score (nSPS) is 15.4. The fourth-order valence-corrected chi connectivity index (χ4v) is 3.16. The summed E-state index contributed by atoms with van der Waals surface area (Å²) in [6.07, 6.45) is 3.88. The summed E-state index contributed by atoms with van der Waals surface area (Å²) >= 11 is 0. The van der Waals surface area contributed by atoms with Crippen LogP contribution in [0.5, 0.6) is 0 Å². The average molecular weight is 256 g/mol. The largest absolute Gasteiger partial charge is 0.348 e. The number of hydrogen-bond donors (Lipinski definition) is 1. The third kappa shape index (κ3) is 2.30. The highest BCUT2D eigenvalue weighted by atomic mass is 15.0. The number of nitrogens with zero attached hydrogens (tertiary/aromatic N) is 1. The highest BCUT2D eigenvalue weighted by molar-refractivity contribution is 5.89. The van der Waals surface area contributed by atoms with E-state index >= 15 is 0 Å². The van der Waals surface area contributed by atoms with Crippen molar-refractivity contribution in [1.29, 1.82) is 0 Å². The van der Waals surface area contributed by atoms with Crippen LogP contribution in [-0.2, 0) is 13.5 Å². The minimum absolute atomic E-state index is 0.804. The number of rotatable bonds is 4. The number of aryl methyl sites for hydroxylation is 3. The predicted octanol–water partition coefficient (Wildman–Crippen LogP) is 3.40. The van der Waals surface area contributed by atoms with Gasteiger partial charge in [0.1, 0.15) is 0 Å². The van der Waals surface area contributed by atoms with E-state index in [1.54, 1.807) is 0 Å². The van der Waals surface area contributed by atoms with Gasteiger partial charge in [0.2, 0.25) is 0 Å². The number of nitrogens with one attached hydrogen (secondary N) is 1. The molecule has 1 saturated carbocycles. The summed E-state index contributed by atoms with van der Waals surface area (Å²) in [7, 11) is 2.19. The minimum atomic E-state index is 0.804.